The van der Waals surface area contributed by atoms with E-state index in [1.807, 2.05) is 30.3 Å². The molecule has 0 spiro atoms. The maximum absolute atomic E-state index is 12.1. The Hall–Kier alpha value is -3.51. The van der Waals surface area contributed by atoms with Gasteiger partial charge in [0.1, 0.15) is 35.9 Å². The zero-order valence-electron chi connectivity index (χ0n) is 22.3. The highest BCUT2D eigenvalue weighted by molar-refractivity contribution is 7.85. The van der Waals surface area contributed by atoms with Crippen molar-refractivity contribution in [1.82, 2.24) is 24.9 Å². The number of para-hydroxylation sites is 1. The van der Waals surface area contributed by atoms with Crippen LogP contribution in [-0.2, 0) is 35.3 Å². The van der Waals surface area contributed by atoms with Crippen molar-refractivity contribution >= 4 is 16.2 Å². The molecule has 41 heavy (non-hydrogen) atoms. The molecule has 1 aliphatic heterocycles. The van der Waals surface area contributed by atoms with Crippen LogP contribution in [-0.4, -0.2) is 95.0 Å². The van der Waals surface area contributed by atoms with Gasteiger partial charge in [-0.2, -0.15) is 13.2 Å². The maximum atomic E-state index is 12.1. The predicted molar refractivity (Wildman–Crippen MR) is 143 cm³/mol. The summed E-state index contributed by atoms with van der Waals surface area (Å²) in [7, 11) is -3.24. The molecule has 15 nitrogen and oxygen atoms in total. The summed E-state index contributed by atoms with van der Waals surface area (Å²) in [6, 6.07) is 15.3. The number of aliphatic hydroxyl groups is 2. The van der Waals surface area contributed by atoms with Crippen molar-refractivity contribution in [2.75, 3.05) is 13.7 Å². The fourth-order valence-corrected chi connectivity index (χ4v) is 4.69. The summed E-state index contributed by atoms with van der Waals surface area (Å²) >= 11 is 0. The monoisotopic (exact) mass is 592 g/mol. The van der Waals surface area contributed by atoms with Crippen molar-refractivity contribution in [2.24, 2.45) is 5.73 Å². The fraction of sp³-hybridized carbons (Fsp3) is 0.440. The minimum absolute atomic E-state index is 0.182. The van der Waals surface area contributed by atoms with E-state index in [2.05, 4.69) is 15.4 Å². The van der Waals surface area contributed by atoms with Crippen molar-refractivity contribution in [2.45, 2.75) is 56.5 Å². The van der Waals surface area contributed by atoms with Crippen molar-refractivity contribution in [3.63, 3.8) is 0 Å². The van der Waals surface area contributed by atoms with E-state index in [-0.39, 0.29) is 13.0 Å². The molecule has 1 aromatic heterocycles. The first kappa shape index (κ1) is 30.4. The Bertz CT molecular complexity index is 1390. The lowest BCUT2D eigenvalue weighted by Crippen LogP contribution is -2.50. The molecule has 0 bridgehead atoms. The number of nitrogens with one attached hydrogen (secondary N) is 1. The summed E-state index contributed by atoms with van der Waals surface area (Å²) in [5.41, 5.74) is 6.34. The van der Waals surface area contributed by atoms with E-state index < -0.39 is 59.4 Å². The van der Waals surface area contributed by atoms with Crippen LogP contribution in [0.2, 0.25) is 0 Å². The molecule has 1 amide bonds. The van der Waals surface area contributed by atoms with Gasteiger partial charge in [0.2, 0.25) is 5.82 Å². The number of aromatic nitrogens is 4. The second kappa shape index (κ2) is 13.4. The number of aryl methyl sites for hydroxylation is 1. The van der Waals surface area contributed by atoms with Gasteiger partial charge in [0.05, 0.1) is 25.4 Å². The van der Waals surface area contributed by atoms with Crippen molar-refractivity contribution in [3.05, 3.63) is 54.6 Å². The van der Waals surface area contributed by atoms with E-state index in [4.69, 9.17) is 24.1 Å². The third kappa shape index (κ3) is 8.04. The molecule has 4 rings (SSSR count). The number of benzene rings is 2. The number of carbonyl (C=O) groups is 1. The van der Waals surface area contributed by atoms with E-state index in [1.165, 1.54) is 18.8 Å². The number of hydrogen-bond acceptors (Lipinski definition) is 13. The average molecular weight is 593 g/mol. The Balaban J connectivity index is 1.26. The molecule has 0 saturated carbocycles. The molecular weight excluding hydrogens is 560 g/mol. The highest BCUT2D eigenvalue weighted by atomic mass is 32.2. The van der Waals surface area contributed by atoms with E-state index in [9.17, 15) is 23.4 Å². The Morgan fingerprint density at radius 2 is 1.76 bits per heavy atom. The SMILES string of the molecule is CO[C@@H](C)[C@H](N)C(=O)NS(=O)(=O)OC[C@H]1O[C@@H](CCn2nnc(-c3ccc(Oc4ccccc4)cc3)n2)[C@H](O)[C@@H]1O. The number of ether oxygens (including phenoxy) is 3. The fourth-order valence-electron chi connectivity index (χ4n) is 3.93. The molecule has 0 unspecified atom stereocenters. The third-order valence-corrected chi connectivity index (χ3v) is 7.31. The molecule has 0 radical (unpaired) electrons. The van der Waals surface area contributed by atoms with Crippen LogP contribution in [0.15, 0.2) is 54.6 Å². The van der Waals surface area contributed by atoms with Gasteiger partial charge >= 0.3 is 10.3 Å². The zero-order chi connectivity index (χ0) is 29.6. The minimum Gasteiger partial charge on any atom is -0.457 e. The van der Waals surface area contributed by atoms with Gasteiger partial charge in [0.25, 0.3) is 5.91 Å². The Morgan fingerprint density at radius 3 is 2.44 bits per heavy atom. The molecule has 2 aromatic carbocycles. The lowest BCUT2D eigenvalue weighted by Gasteiger charge is -2.18. The smallest absolute Gasteiger partial charge is 0.362 e. The standard InChI is InChI=1S/C25H32N6O9S/c1-15(37-2)21(26)25(34)29-41(35,36)38-14-20-23(33)22(32)19(40-20)12-13-31-28-24(27-30-31)16-8-10-18(11-9-16)39-17-6-4-3-5-7-17/h3-11,15,19-23,32-33H,12-14,26H2,1-2H3,(H,29,34)/t15-,19-,20+,21-,22-,23+/m0/s1. The van der Waals surface area contributed by atoms with E-state index >= 15 is 0 Å². The number of methoxy groups -OCH3 is 1. The summed E-state index contributed by atoms with van der Waals surface area (Å²) in [5, 5.41) is 33.1. The molecule has 2 heterocycles. The van der Waals surface area contributed by atoms with Gasteiger partial charge < -0.3 is 30.2 Å². The van der Waals surface area contributed by atoms with E-state index in [0.29, 0.717) is 22.9 Å². The minimum atomic E-state index is -4.56. The first-order valence-electron chi connectivity index (χ1n) is 12.7. The number of nitrogens with zero attached hydrogens (tertiary/aromatic N) is 4. The van der Waals surface area contributed by atoms with Crippen LogP contribution in [0.1, 0.15) is 13.3 Å². The second-order valence-corrected chi connectivity index (χ2v) is 10.7. The molecule has 16 heteroatoms. The number of aliphatic hydroxyl groups excluding tert-OH is 2. The lowest BCUT2D eigenvalue weighted by molar-refractivity contribution is -0.123. The normalized spacial score (nSPS) is 22.3. The molecule has 5 N–H and O–H groups in total. The highest BCUT2D eigenvalue weighted by Gasteiger charge is 2.43. The number of carbonyl (C=O) groups excluding carboxylic acids is 1. The van der Waals surface area contributed by atoms with Crippen LogP contribution in [0.5, 0.6) is 11.5 Å². The third-order valence-electron chi connectivity index (χ3n) is 6.41. The number of nitrogens with two attached hydrogens (primary N) is 1. The molecular formula is C25H32N6O9S. The zero-order valence-corrected chi connectivity index (χ0v) is 23.1. The van der Waals surface area contributed by atoms with Gasteiger partial charge in [-0.05, 0) is 55.0 Å². The number of amides is 1. The molecule has 1 aliphatic rings. The topological polar surface area (TPSA) is 210 Å². The Morgan fingerprint density at radius 1 is 1.10 bits per heavy atom. The van der Waals surface area contributed by atoms with Gasteiger partial charge in [0.15, 0.2) is 0 Å². The summed E-state index contributed by atoms with van der Waals surface area (Å²) in [6.07, 6.45) is -5.35. The highest BCUT2D eigenvalue weighted by Crippen LogP contribution is 2.26. The molecule has 3 aromatic rings. The van der Waals surface area contributed by atoms with Crippen molar-refractivity contribution < 1.29 is 41.8 Å². The van der Waals surface area contributed by atoms with Crippen LogP contribution in [0.25, 0.3) is 11.4 Å². The first-order chi connectivity index (χ1) is 19.6. The van der Waals surface area contributed by atoms with Gasteiger partial charge in [-0.15, -0.1) is 10.2 Å². The molecule has 0 aliphatic carbocycles. The predicted octanol–water partition coefficient (Wildman–Crippen LogP) is -0.248. The molecule has 6 atom stereocenters. The summed E-state index contributed by atoms with van der Waals surface area (Å²) in [6.45, 7) is 1.04. The molecule has 1 saturated heterocycles. The first-order valence-corrected chi connectivity index (χ1v) is 14.1. The van der Waals surface area contributed by atoms with Gasteiger partial charge in [0, 0.05) is 12.7 Å². The van der Waals surface area contributed by atoms with Crippen molar-refractivity contribution in [1.29, 1.82) is 0 Å². The van der Waals surface area contributed by atoms with Gasteiger partial charge in [-0.3, -0.25) is 8.98 Å². The van der Waals surface area contributed by atoms with Crippen molar-refractivity contribution in [3.8, 4) is 22.9 Å². The number of hydrogen-bond donors (Lipinski definition) is 4. The van der Waals surface area contributed by atoms with E-state index in [0.717, 1.165) is 0 Å². The van der Waals surface area contributed by atoms with Gasteiger partial charge in [-0.25, -0.2) is 4.72 Å². The summed E-state index contributed by atoms with van der Waals surface area (Å²) < 4.78 is 47.0. The maximum Gasteiger partial charge on any atom is 0.362 e. The lowest BCUT2D eigenvalue weighted by atomic mass is 10.1. The van der Waals surface area contributed by atoms with Crippen LogP contribution in [0.4, 0.5) is 0 Å². The van der Waals surface area contributed by atoms with Crippen LogP contribution in [0.3, 0.4) is 0 Å². The van der Waals surface area contributed by atoms with Crippen LogP contribution >= 0.6 is 0 Å². The van der Waals surface area contributed by atoms with E-state index in [1.54, 1.807) is 29.0 Å². The Labute approximate surface area is 236 Å². The van der Waals surface area contributed by atoms with Crippen LogP contribution in [0, 0.1) is 0 Å². The average Bonchev–Trinajstić information content (AvgIpc) is 3.55. The van der Waals surface area contributed by atoms with Crippen LogP contribution < -0.4 is 15.2 Å². The molecule has 1 fully saturated rings. The number of tetrazole rings is 1. The summed E-state index contributed by atoms with van der Waals surface area (Å²) in [5.74, 6) is 0.713. The largest absolute Gasteiger partial charge is 0.457 e. The number of rotatable bonds is 13. The van der Waals surface area contributed by atoms with Gasteiger partial charge in [-0.1, -0.05) is 18.2 Å². The summed E-state index contributed by atoms with van der Waals surface area (Å²) in [4.78, 5) is 13.3. The molecule has 222 valence electrons. The second-order valence-electron chi connectivity index (χ2n) is 9.30. The Kier molecular flexibility index (Phi) is 9.98. The quantitative estimate of drug-likeness (QED) is 0.202.